The molecule has 0 radical (unpaired) electrons. The molecule has 0 saturated heterocycles. The first-order valence-electron chi connectivity index (χ1n) is 8.56. The van der Waals surface area contributed by atoms with Gasteiger partial charge in [0, 0.05) is 0 Å². The van der Waals surface area contributed by atoms with Crippen LogP contribution in [0.25, 0.3) is 0 Å². The summed E-state index contributed by atoms with van der Waals surface area (Å²) < 4.78 is 45.8. The molecular weight excluding hydrogens is 373 g/mol. The highest BCUT2D eigenvalue weighted by Crippen LogP contribution is 2.29. The summed E-state index contributed by atoms with van der Waals surface area (Å²) in [7, 11) is 0. The molecule has 0 heterocycles. The van der Waals surface area contributed by atoms with Crippen molar-refractivity contribution in [2.75, 3.05) is 10.6 Å². The van der Waals surface area contributed by atoms with Crippen LogP contribution in [-0.4, -0.2) is 17.9 Å². The molecule has 2 N–H and O–H groups in total. The quantitative estimate of drug-likeness (QED) is 0.560. The summed E-state index contributed by atoms with van der Waals surface area (Å²) in [6, 6.07) is 8.26. The number of rotatable bonds is 6. The monoisotopic (exact) mass is 394 g/mol. The van der Waals surface area contributed by atoms with Crippen LogP contribution in [0.2, 0.25) is 0 Å². The van der Waals surface area contributed by atoms with Gasteiger partial charge in [-0.1, -0.05) is 12.1 Å². The minimum atomic E-state index is -1.71. The van der Waals surface area contributed by atoms with Gasteiger partial charge in [-0.2, -0.15) is 0 Å². The van der Waals surface area contributed by atoms with Crippen LogP contribution in [-0.2, 0) is 9.59 Å². The molecule has 0 aromatic heterocycles. The third-order valence-corrected chi connectivity index (χ3v) is 3.92. The second-order valence-electron chi connectivity index (χ2n) is 6.92. The van der Waals surface area contributed by atoms with Crippen LogP contribution in [0.1, 0.15) is 27.7 Å². The van der Waals surface area contributed by atoms with Crippen LogP contribution >= 0.6 is 0 Å². The van der Waals surface area contributed by atoms with Gasteiger partial charge >= 0.3 is 0 Å². The molecule has 8 heteroatoms. The van der Waals surface area contributed by atoms with Crippen LogP contribution in [0.5, 0.6) is 5.75 Å². The Hall–Kier alpha value is -3.03. The average molecular weight is 394 g/mol. The number of halogens is 3. The first-order chi connectivity index (χ1) is 13.0. The number of hydrogen-bond donors (Lipinski definition) is 2. The maximum Gasteiger partial charge on any atom is 0.239 e. The average Bonchev–Trinajstić information content (AvgIpc) is 2.63. The van der Waals surface area contributed by atoms with E-state index >= 15 is 0 Å². The summed E-state index contributed by atoms with van der Waals surface area (Å²) in [5.41, 5.74) is -1.85. The van der Waals surface area contributed by atoms with Gasteiger partial charge in [-0.3, -0.25) is 9.59 Å². The maximum absolute atomic E-state index is 13.8. The molecular formula is C20H21F3N2O3. The van der Waals surface area contributed by atoms with Gasteiger partial charge in [0.15, 0.2) is 17.5 Å². The van der Waals surface area contributed by atoms with E-state index in [4.69, 9.17) is 4.74 Å². The molecule has 2 amide bonds. The van der Waals surface area contributed by atoms with E-state index < -0.39 is 40.4 Å². The fourth-order valence-electron chi connectivity index (χ4n) is 2.21. The molecule has 28 heavy (non-hydrogen) atoms. The van der Waals surface area contributed by atoms with Crippen molar-refractivity contribution in [1.82, 2.24) is 0 Å². The molecule has 2 aromatic rings. The molecule has 0 atom stereocenters. The van der Waals surface area contributed by atoms with Gasteiger partial charge in [0.1, 0.15) is 11.2 Å². The molecule has 0 bridgehead atoms. The summed E-state index contributed by atoms with van der Waals surface area (Å²) in [5.74, 6) is -5.78. The fourth-order valence-corrected chi connectivity index (χ4v) is 2.21. The highest BCUT2D eigenvalue weighted by Gasteiger charge is 2.37. The summed E-state index contributed by atoms with van der Waals surface area (Å²) in [6.07, 6.45) is -0.134. The molecule has 0 aliphatic rings. The van der Waals surface area contributed by atoms with Crippen LogP contribution in [0.4, 0.5) is 24.5 Å². The smallest absolute Gasteiger partial charge is 0.239 e. The molecule has 5 nitrogen and oxygen atoms in total. The fraction of sp³-hybridized carbons (Fsp3) is 0.300. The number of ether oxygens (including phenoxy) is 1. The maximum atomic E-state index is 13.8. The van der Waals surface area contributed by atoms with Gasteiger partial charge in [-0.15, -0.1) is 0 Å². The Morgan fingerprint density at radius 3 is 2.07 bits per heavy atom. The minimum absolute atomic E-state index is 0.134. The second-order valence-corrected chi connectivity index (χ2v) is 6.92. The van der Waals surface area contributed by atoms with E-state index in [1.807, 2.05) is 13.8 Å². The van der Waals surface area contributed by atoms with Crippen LogP contribution < -0.4 is 15.4 Å². The lowest BCUT2D eigenvalue weighted by atomic mass is 9.90. The molecule has 0 saturated carbocycles. The van der Waals surface area contributed by atoms with E-state index in [1.165, 1.54) is 13.8 Å². The number of nitrogens with one attached hydrogen (secondary N) is 2. The Bertz CT molecular complexity index is 898. The Balaban J connectivity index is 2.19. The summed E-state index contributed by atoms with van der Waals surface area (Å²) in [6.45, 7) is 6.29. The van der Waals surface area contributed by atoms with Crippen molar-refractivity contribution in [3.05, 3.63) is 53.8 Å². The van der Waals surface area contributed by atoms with Gasteiger partial charge in [-0.25, -0.2) is 13.2 Å². The third-order valence-electron chi connectivity index (χ3n) is 3.92. The first kappa shape index (κ1) is 21.3. The molecule has 0 spiro atoms. The van der Waals surface area contributed by atoms with Gasteiger partial charge in [0.05, 0.1) is 17.5 Å². The Morgan fingerprint density at radius 1 is 0.893 bits per heavy atom. The largest absolute Gasteiger partial charge is 0.489 e. The molecule has 0 unspecified atom stereocenters. The van der Waals surface area contributed by atoms with Gasteiger partial charge in [0.2, 0.25) is 11.8 Å². The number of amides is 2. The molecule has 2 rings (SSSR count). The van der Waals surface area contributed by atoms with Crippen molar-refractivity contribution in [3.8, 4) is 5.75 Å². The molecule has 0 fully saturated rings. The zero-order chi connectivity index (χ0) is 21.1. The van der Waals surface area contributed by atoms with E-state index in [9.17, 15) is 22.8 Å². The summed E-state index contributed by atoms with van der Waals surface area (Å²) in [4.78, 5) is 25.1. The van der Waals surface area contributed by atoms with E-state index in [0.717, 1.165) is 6.07 Å². The number of para-hydroxylation sites is 2. The molecule has 2 aromatic carbocycles. The van der Waals surface area contributed by atoms with E-state index in [1.54, 1.807) is 24.3 Å². The van der Waals surface area contributed by atoms with Crippen LogP contribution in [0.3, 0.4) is 0 Å². The normalized spacial score (nSPS) is 11.3. The topological polar surface area (TPSA) is 67.4 Å². The van der Waals surface area contributed by atoms with E-state index in [-0.39, 0.29) is 6.10 Å². The Labute approximate surface area is 160 Å². The number of anilines is 2. The van der Waals surface area contributed by atoms with Crippen LogP contribution in [0.15, 0.2) is 36.4 Å². The lowest BCUT2D eigenvalue weighted by Gasteiger charge is -2.24. The SMILES string of the molecule is CC(C)Oc1ccccc1NC(=O)C(C)(C)C(=O)Nc1ccc(F)c(F)c1F. The number of hydrogen-bond acceptors (Lipinski definition) is 3. The Kier molecular flexibility index (Phi) is 6.33. The van der Waals surface area contributed by atoms with Crippen LogP contribution in [0, 0.1) is 22.9 Å². The molecule has 0 aliphatic heterocycles. The minimum Gasteiger partial charge on any atom is -0.489 e. The zero-order valence-electron chi connectivity index (χ0n) is 15.9. The van der Waals surface area contributed by atoms with E-state index in [2.05, 4.69) is 10.6 Å². The van der Waals surface area contributed by atoms with Crippen molar-refractivity contribution < 1.29 is 27.5 Å². The van der Waals surface area contributed by atoms with Gasteiger partial charge in [0.25, 0.3) is 0 Å². The number of carbonyl (C=O) groups excluding carboxylic acids is 2. The molecule has 0 aliphatic carbocycles. The Morgan fingerprint density at radius 2 is 1.46 bits per heavy atom. The third kappa shape index (κ3) is 4.62. The highest BCUT2D eigenvalue weighted by molar-refractivity contribution is 6.14. The van der Waals surface area contributed by atoms with E-state index in [0.29, 0.717) is 17.5 Å². The molecule has 150 valence electrons. The zero-order valence-corrected chi connectivity index (χ0v) is 15.9. The van der Waals surface area contributed by atoms with Gasteiger partial charge in [-0.05, 0) is 52.0 Å². The summed E-state index contributed by atoms with van der Waals surface area (Å²) >= 11 is 0. The highest BCUT2D eigenvalue weighted by atomic mass is 19.2. The number of benzene rings is 2. The van der Waals surface area contributed by atoms with Gasteiger partial charge < -0.3 is 15.4 Å². The predicted molar refractivity (Wildman–Crippen MR) is 99.6 cm³/mol. The van der Waals surface area contributed by atoms with Crippen molar-refractivity contribution in [2.24, 2.45) is 5.41 Å². The summed E-state index contributed by atoms with van der Waals surface area (Å²) in [5, 5.41) is 4.72. The number of carbonyl (C=O) groups is 2. The van der Waals surface area contributed by atoms with Crippen molar-refractivity contribution in [1.29, 1.82) is 0 Å². The lowest BCUT2D eigenvalue weighted by Crippen LogP contribution is -2.41. The van der Waals surface area contributed by atoms with Crippen molar-refractivity contribution in [3.63, 3.8) is 0 Å². The predicted octanol–water partition coefficient (Wildman–Crippen LogP) is 4.49. The van der Waals surface area contributed by atoms with Crippen molar-refractivity contribution in [2.45, 2.75) is 33.8 Å². The lowest BCUT2D eigenvalue weighted by molar-refractivity contribution is -0.135. The first-order valence-corrected chi connectivity index (χ1v) is 8.56. The standard InChI is InChI=1S/C20H21F3N2O3/c1-11(2)28-15-8-6-5-7-13(15)24-18(26)20(3,4)19(27)25-14-10-9-12(21)16(22)17(14)23/h5-11H,1-4H3,(H,24,26)(H,25,27). The van der Waals surface area contributed by atoms with Crippen molar-refractivity contribution >= 4 is 23.2 Å². The second kappa shape index (κ2) is 8.33.